The van der Waals surface area contributed by atoms with Crippen molar-refractivity contribution in [1.82, 2.24) is 14.6 Å². The number of nitrogens with two attached hydrogens (primary N) is 1. The number of nitrogen functional groups attached to an aromatic ring is 1. The lowest BCUT2D eigenvalue weighted by atomic mass is 9.93. The Hall–Kier alpha value is -4.32. The lowest BCUT2D eigenvalue weighted by Gasteiger charge is -2.33. The summed E-state index contributed by atoms with van der Waals surface area (Å²) in [6.45, 7) is 5.26. The normalized spacial score (nSPS) is 17.7. The fourth-order valence-electron chi connectivity index (χ4n) is 8.24. The zero-order valence-electron chi connectivity index (χ0n) is 41.1. The zero-order chi connectivity index (χ0) is 49.5. The average Bonchev–Trinajstić information content (AvgIpc) is 3.94. The molecule has 0 radical (unpaired) electrons. The van der Waals surface area contributed by atoms with Crippen LogP contribution in [0.15, 0.2) is 60.9 Å². The number of rotatable bonds is 34. The van der Waals surface area contributed by atoms with Crippen LogP contribution in [0.3, 0.4) is 0 Å². The number of para-hydroxylation sites is 1. The lowest BCUT2D eigenvalue weighted by Crippen LogP contribution is -2.50. The molecule has 1 aliphatic heterocycles. The Morgan fingerprint density at radius 3 is 2.16 bits per heavy atom. The molecule has 0 spiro atoms. The summed E-state index contributed by atoms with van der Waals surface area (Å²) in [7, 11) is -1.87. The summed E-state index contributed by atoms with van der Waals surface area (Å²) in [4.78, 5) is 4.07. The molecule has 2 aromatic heterocycles. The number of hydrogen-bond donors (Lipinski definition) is 1. The summed E-state index contributed by atoms with van der Waals surface area (Å²) in [6, 6.07) is 19.2. The van der Waals surface area contributed by atoms with Gasteiger partial charge in [0.1, 0.15) is 54.3 Å². The summed E-state index contributed by atoms with van der Waals surface area (Å²) >= 11 is 6.49. The maximum atomic E-state index is 14.9. The number of phosphoric ester groups is 1. The van der Waals surface area contributed by atoms with E-state index < -0.39 is 44.1 Å². The highest BCUT2D eigenvalue weighted by molar-refractivity contribution is 7.49. The van der Waals surface area contributed by atoms with Crippen LogP contribution in [-0.4, -0.2) is 78.8 Å². The molecule has 378 valence electrons. The minimum atomic E-state index is -4.69. The molecule has 0 amide bonds. The maximum absolute atomic E-state index is 14.9. The number of nitriles is 2. The van der Waals surface area contributed by atoms with Crippen LogP contribution in [0.4, 0.5) is 5.82 Å². The predicted octanol–water partition coefficient (Wildman–Crippen LogP) is 12.0. The number of phosphoric acid groups is 1. The Bertz CT molecular complexity index is 2300. The fourth-order valence-corrected chi connectivity index (χ4v) is 9.74. The van der Waals surface area contributed by atoms with Gasteiger partial charge in [0, 0.05) is 19.3 Å². The summed E-state index contributed by atoms with van der Waals surface area (Å²) in [5, 5.41) is 24.8. The number of benzene rings is 2. The first-order chi connectivity index (χ1) is 33.4. The van der Waals surface area contributed by atoms with E-state index in [9.17, 15) is 15.1 Å². The summed E-state index contributed by atoms with van der Waals surface area (Å²) in [5.74, 6) is -0.485. The molecular weight excluding hydrogens is 923 g/mol. The van der Waals surface area contributed by atoms with Crippen LogP contribution in [0, 0.1) is 22.7 Å². The van der Waals surface area contributed by atoms with E-state index >= 15 is 0 Å². The number of hydrogen-bond acceptors (Lipinski definition) is 15. The van der Waals surface area contributed by atoms with Crippen LogP contribution in [0.1, 0.15) is 146 Å². The molecule has 2 N–H and O–H groups in total. The Balaban J connectivity index is 1.23. The lowest BCUT2D eigenvalue weighted by molar-refractivity contribution is -0.171. The van der Waals surface area contributed by atoms with Gasteiger partial charge >= 0.3 is 7.82 Å². The van der Waals surface area contributed by atoms with Crippen LogP contribution >= 0.6 is 19.4 Å². The Kier molecular flexibility index (Phi) is 23.0. The van der Waals surface area contributed by atoms with E-state index in [1.807, 2.05) is 0 Å². The highest BCUT2D eigenvalue weighted by atomic mass is 35.5. The predicted molar refractivity (Wildman–Crippen MR) is 264 cm³/mol. The van der Waals surface area contributed by atoms with Gasteiger partial charge in [0.25, 0.3) is 0 Å². The second kappa shape index (κ2) is 28.5. The van der Waals surface area contributed by atoms with Gasteiger partial charge < -0.3 is 38.7 Å². The number of methoxy groups -OCH3 is 2. The number of ether oxygens (including phenoxy) is 6. The Labute approximate surface area is 413 Å². The number of halogens is 1. The van der Waals surface area contributed by atoms with Crippen molar-refractivity contribution in [2.24, 2.45) is 0 Å². The van der Waals surface area contributed by atoms with Gasteiger partial charge in [-0.1, -0.05) is 133 Å². The van der Waals surface area contributed by atoms with Crippen molar-refractivity contribution in [1.29, 1.82) is 10.5 Å². The van der Waals surface area contributed by atoms with Crippen molar-refractivity contribution in [2.75, 3.05) is 46.4 Å². The Morgan fingerprint density at radius 2 is 1.54 bits per heavy atom. The minimum Gasteiger partial charge on any atom is -0.496 e. The van der Waals surface area contributed by atoms with Crippen LogP contribution in [0.5, 0.6) is 11.5 Å². The molecule has 0 saturated carbocycles. The highest BCUT2D eigenvalue weighted by Gasteiger charge is 2.56. The molecule has 1 saturated heterocycles. The first-order valence-electron chi connectivity index (χ1n) is 24.4. The molecule has 5 atom stereocenters. The van der Waals surface area contributed by atoms with Crippen LogP contribution in [0.2, 0.25) is 5.02 Å². The van der Waals surface area contributed by atoms with Crippen molar-refractivity contribution < 1.29 is 46.6 Å². The van der Waals surface area contributed by atoms with E-state index in [1.54, 1.807) is 66.9 Å². The van der Waals surface area contributed by atoms with Crippen LogP contribution in [-0.2, 0) is 43.9 Å². The van der Waals surface area contributed by atoms with Gasteiger partial charge in [-0.05, 0) is 56.7 Å². The summed E-state index contributed by atoms with van der Waals surface area (Å²) < 4.78 is 71.2. The second-order valence-corrected chi connectivity index (χ2v) is 19.9. The van der Waals surface area contributed by atoms with E-state index in [2.05, 4.69) is 29.1 Å². The van der Waals surface area contributed by atoms with Crippen molar-refractivity contribution in [2.45, 2.75) is 160 Å². The van der Waals surface area contributed by atoms with Crippen molar-refractivity contribution in [3.05, 3.63) is 82.8 Å². The van der Waals surface area contributed by atoms with E-state index in [1.165, 1.54) is 110 Å². The second-order valence-electron chi connectivity index (χ2n) is 17.9. The maximum Gasteiger partial charge on any atom is 0.530 e. The van der Waals surface area contributed by atoms with Gasteiger partial charge in [-0.3, -0.25) is 9.05 Å². The monoisotopic (exact) mass is 994 g/mol. The summed E-state index contributed by atoms with van der Waals surface area (Å²) in [6.07, 6.45) is 18.7. The zero-order valence-corrected chi connectivity index (χ0v) is 42.7. The number of anilines is 1. The number of aromatic nitrogens is 3. The third-order valence-electron chi connectivity index (χ3n) is 12.2. The standard InChI is InChI=1S/C51H72ClN6O10P/c1-6-7-8-9-10-11-12-13-14-15-16-17-18-19-20-23-30-62-34-41(63-33-40-27-26-39(32-53)31-46(40)60-4)35-64-69(59,68-45-25-22-21-24-42(45)52)65-37-51(36-54,61-5)48-47(66-50(2,3)67-48)43-28-29-44-49(55)56-38-57-58(43)44/h21-22,24-29,31,38,41,47-48H,6-20,23,30,33-35,37H2,1-5H3,(H2,55,56,57)/t41?,47-,48-,51+,69?/m0/s1. The average molecular weight is 996 g/mol. The topological polar surface area (TPSA) is 204 Å². The quantitative estimate of drug-likeness (QED) is 0.0341. The molecule has 0 bridgehead atoms. The Morgan fingerprint density at radius 1 is 0.870 bits per heavy atom. The molecule has 1 fully saturated rings. The van der Waals surface area contributed by atoms with E-state index in [-0.39, 0.29) is 36.4 Å². The fraction of sp³-hybridized carbons (Fsp3) is 0.608. The molecular formula is C51H72ClN6O10P. The van der Waals surface area contributed by atoms with Gasteiger partial charge in [0.15, 0.2) is 11.6 Å². The van der Waals surface area contributed by atoms with Crippen LogP contribution in [0.25, 0.3) is 5.52 Å². The van der Waals surface area contributed by atoms with Gasteiger partial charge in [-0.2, -0.15) is 15.6 Å². The third kappa shape index (κ3) is 16.9. The van der Waals surface area contributed by atoms with Crippen molar-refractivity contribution in [3.63, 3.8) is 0 Å². The smallest absolute Gasteiger partial charge is 0.496 e. The molecule has 4 aromatic rings. The first kappa shape index (κ1) is 55.6. The molecule has 1 aliphatic rings. The number of nitrogens with zero attached hydrogens (tertiary/aromatic N) is 5. The molecule has 18 heteroatoms. The molecule has 3 heterocycles. The summed E-state index contributed by atoms with van der Waals surface area (Å²) in [5.41, 5.74) is 6.30. The highest BCUT2D eigenvalue weighted by Crippen LogP contribution is 2.53. The van der Waals surface area contributed by atoms with Crippen molar-refractivity contribution >= 4 is 30.8 Å². The molecule has 16 nitrogen and oxygen atoms in total. The van der Waals surface area contributed by atoms with Crippen LogP contribution < -0.4 is 15.0 Å². The van der Waals surface area contributed by atoms with E-state index in [0.29, 0.717) is 34.7 Å². The van der Waals surface area contributed by atoms with E-state index in [0.717, 1.165) is 19.3 Å². The minimum absolute atomic E-state index is 0.0124. The SMILES string of the molecule is CCCCCCCCCCCCCCCCCCOCC(COP(=O)(OC[C@@](C#N)(OC)[C@H]1OC(C)(C)O[C@H]1c1ccc2c(N)ncnn12)Oc1ccccc1Cl)OCc1ccc(C#N)cc1OC. The molecule has 2 unspecified atom stereocenters. The van der Waals surface area contributed by atoms with Gasteiger partial charge in [-0.25, -0.2) is 14.1 Å². The molecule has 69 heavy (non-hydrogen) atoms. The largest absolute Gasteiger partial charge is 0.530 e. The number of fused-ring (bicyclic) bond motifs is 1. The number of unbranched alkanes of at least 4 members (excludes halogenated alkanes) is 15. The molecule has 5 rings (SSSR count). The van der Waals surface area contributed by atoms with Crippen molar-refractivity contribution in [3.8, 4) is 23.6 Å². The molecule has 0 aliphatic carbocycles. The molecule has 2 aromatic carbocycles. The first-order valence-corrected chi connectivity index (χ1v) is 26.2. The van der Waals surface area contributed by atoms with Gasteiger partial charge in [-0.15, -0.1) is 0 Å². The third-order valence-corrected chi connectivity index (χ3v) is 13.8. The van der Waals surface area contributed by atoms with Gasteiger partial charge in [0.05, 0.1) is 49.3 Å². The van der Waals surface area contributed by atoms with E-state index in [4.69, 9.17) is 59.3 Å². The van der Waals surface area contributed by atoms with Gasteiger partial charge in [0.2, 0.25) is 5.60 Å².